The van der Waals surface area contributed by atoms with Gasteiger partial charge in [0.2, 0.25) is 0 Å². The van der Waals surface area contributed by atoms with E-state index in [1.54, 1.807) is 30.3 Å². The number of hydrogen-bond donors (Lipinski definition) is 0. The van der Waals surface area contributed by atoms with Crippen molar-refractivity contribution >= 4 is 0 Å². The van der Waals surface area contributed by atoms with Gasteiger partial charge in [-0.1, -0.05) is 30.3 Å². The second-order valence-corrected chi connectivity index (χ2v) is 4.40. The molecule has 1 aromatic carbocycles. The van der Waals surface area contributed by atoms with Gasteiger partial charge in [-0.25, -0.2) is 0 Å². The van der Waals surface area contributed by atoms with Gasteiger partial charge in [-0.2, -0.15) is 0 Å². The molecule has 0 spiro atoms. The third-order valence-corrected chi connectivity index (χ3v) is 2.81. The van der Waals surface area contributed by atoms with E-state index in [1.807, 2.05) is 0 Å². The smallest absolute Gasteiger partial charge is 0.264 e. The first-order valence-corrected chi connectivity index (χ1v) is 5.17. The van der Waals surface area contributed by atoms with Crippen LogP contribution >= 0.6 is 0 Å². The average molecular weight is 238 g/mol. The molecule has 0 radical (unpaired) electrons. The Morgan fingerprint density at radius 2 is 1.71 bits per heavy atom. The van der Waals surface area contributed by atoms with Crippen LogP contribution in [0, 0.1) is 20.2 Å². The van der Waals surface area contributed by atoms with E-state index in [2.05, 4.69) is 0 Å². The molecule has 1 aromatic rings. The van der Waals surface area contributed by atoms with Crippen molar-refractivity contribution < 1.29 is 9.85 Å². The predicted molar refractivity (Wildman–Crippen MR) is 62.0 cm³/mol. The predicted octanol–water partition coefficient (Wildman–Crippen LogP) is 1.93. The highest BCUT2D eigenvalue weighted by atomic mass is 16.6. The summed E-state index contributed by atoms with van der Waals surface area (Å²) in [5.41, 5.74) is -0.858. The zero-order chi connectivity index (χ0) is 13.1. The Kier molecular flexibility index (Phi) is 3.77. The molecular weight excluding hydrogens is 224 g/mol. The van der Waals surface area contributed by atoms with Gasteiger partial charge >= 0.3 is 0 Å². The van der Waals surface area contributed by atoms with E-state index in [9.17, 15) is 20.2 Å². The quantitative estimate of drug-likeness (QED) is 0.579. The van der Waals surface area contributed by atoms with Gasteiger partial charge in [0, 0.05) is 30.1 Å². The molecule has 0 N–H and O–H groups in total. The summed E-state index contributed by atoms with van der Waals surface area (Å²) in [7, 11) is 0. The third-order valence-electron chi connectivity index (χ3n) is 2.81. The van der Waals surface area contributed by atoms with Crippen LogP contribution < -0.4 is 0 Å². The first kappa shape index (κ1) is 13.1. The monoisotopic (exact) mass is 238 g/mol. The van der Waals surface area contributed by atoms with Crippen LogP contribution in [-0.4, -0.2) is 21.4 Å². The van der Waals surface area contributed by atoms with Crippen molar-refractivity contribution in [1.29, 1.82) is 0 Å². The minimum absolute atomic E-state index is 0.0574. The van der Waals surface area contributed by atoms with Gasteiger partial charge in [-0.3, -0.25) is 20.2 Å². The fraction of sp³-hybridized carbons (Fsp3) is 0.455. The summed E-state index contributed by atoms with van der Waals surface area (Å²) in [4.78, 5) is 20.6. The Hall–Kier alpha value is -1.98. The van der Waals surface area contributed by atoms with E-state index < -0.39 is 21.4 Å². The van der Waals surface area contributed by atoms with Crippen molar-refractivity contribution in [2.24, 2.45) is 0 Å². The SMILES string of the molecule is CC(C)(C(Cc1ccccc1)[N+](=O)[O-])[N+](=O)[O-]. The molecule has 17 heavy (non-hydrogen) atoms. The first-order valence-electron chi connectivity index (χ1n) is 5.17. The zero-order valence-electron chi connectivity index (χ0n) is 9.70. The molecule has 6 heteroatoms. The molecule has 0 fully saturated rings. The van der Waals surface area contributed by atoms with Crippen molar-refractivity contribution in [1.82, 2.24) is 0 Å². The third kappa shape index (κ3) is 2.99. The molecule has 6 nitrogen and oxygen atoms in total. The maximum Gasteiger partial charge on any atom is 0.285 e. The molecule has 1 rings (SSSR count). The lowest BCUT2D eigenvalue weighted by Gasteiger charge is -2.19. The zero-order valence-corrected chi connectivity index (χ0v) is 9.70. The normalized spacial score (nSPS) is 13.1. The minimum atomic E-state index is -1.58. The van der Waals surface area contributed by atoms with E-state index in [1.165, 1.54) is 13.8 Å². The first-order chi connectivity index (χ1) is 7.85. The van der Waals surface area contributed by atoms with E-state index in [4.69, 9.17) is 0 Å². The summed E-state index contributed by atoms with van der Waals surface area (Å²) in [5.74, 6) is 0. The van der Waals surface area contributed by atoms with E-state index >= 15 is 0 Å². The van der Waals surface area contributed by atoms with Crippen LogP contribution in [0.15, 0.2) is 30.3 Å². The van der Waals surface area contributed by atoms with E-state index in [0.717, 1.165) is 5.56 Å². The second-order valence-electron chi connectivity index (χ2n) is 4.40. The molecule has 1 unspecified atom stereocenters. The van der Waals surface area contributed by atoms with Gasteiger partial charge in [0.05, 0.1) is 0 Å². The maximum absolute atomic E-state index is 11.0. The molecule has 0 aliphatic heterocycles. The highest BCUT2D eigenvalue weighted by molar-refractivity contribution is 5.16. The molecule has 1 atom stereocenters. The summed E-state index contributed by atoms with van der Waals surface area (Å²) in [6.45, 7) is 2.56. The van der Waals surface area contributed by atoms with E-state index in [0.29, 0.717) is 0 Å². The number of nitro groups is 2. The van der Waals surface area contributed by atoms with Crippen LogP contribution in [0.25, 0.3) is 0 Å². The number of nitrogens with zero attached hydrogens (tertiary/aromatic N) is 2. The molecule has 0 amide bonds. The lowest BCUT2D eigenvalue weighted by Crippen LogP contribution is -2.49. The fourth-order valence-electron chi connectivity index (χ4n) is 1.54. The molecule has 0 saturated heterocycles. The molecule has 0 aliphatic rings. The summed E-state index contributed by atoms with van der Waals surface area (Å²) in [6, 6.07) is 7.53. The van der Waals surface area contributed by atoms with Crippen molar-refractivity contribution in [3.63, 3.8) is 0 Å². The summed E-state index contributed by atoms with van der Waals surface area (Å²) in [6.07, 6.45) is 0.0574. The minimum Gasteiger partial charge on any atom is -0.264 e. The second kappa shape index (κ2) is 4.90. The standard InChI is InChI=1S/C11H14N2O4/c1-11(2,13(16)17)10(12(14)15)8-9-6-4-3-5-7-9/h3-7,10H,8H2,1-2H3. The average Bonchev–Trinajstić information content (AvgIpc) is 2.26. The van der Waals surface area contributed by atoms with Gasteiger partial charge in [0.25, 0.3) is 11.6 Å². The topological polar surface area (TPSA) is 86.3 Å². The van der Waals surface area contributed by atoms with Crippen LogP contribution in [0.3, 0.4) is 0 Å². The van der Waals surface area contributed by atoms with Crippen LogP contribution in [0.2, 0.25) is 0 Å². The molecular formula is C11H14N2O4. The highest BCUT2D eigenvalue weighted by Gasteiger charge is 2.49. The van der Waals surface area contributed by atoms with Gasteiger partial charge in [-0.05, 0) is 5.56 Å². The molecule has 0 heterocycles. The number of benzene rings is 1. The fourth-order valence-corrected chi connectivity index (χ4v) is 1.54. The van der Waals surface area contributed by atoms with Gasteiger partial charge in [0.1, 0.15) is 0 Å². The number of hydrogen-bond acceptors (Lipinski definition) is 4. The summed E-state index contributed by atoms with van der Waals surface area (Å²) < 4.78 is 0. The van der Waals surface area contributed by atoms with E-state index in [-0.39, 0.29) is 6.42 Å². The summed E-state index contributed by atoms with van der Waals surface area (Å²) in [5, 5.41) is 21.8. The van der Waals surface area contributed by atoms with Crippen LogP contribution in [0.5, 0.6) is 0 Å². The highest BCUT2D eigenvalue weighted by Crippen LogP contribution is 2.20. The maximum atomic E-state index is 11.0. The van der Waals surface area contributed by atoms with Crippen LogP contribution in [-0.2, 0) is 6.42 Å². The largest absolute Gasteiger partial charge is 0.285 e. The molecule has 0 aromatic heterocycles. The van der Waals surface area contributed by atoms with Crippen LogP contribution in [0.1, 0.15) is 19.4 Å². The van der Waals surface area contributed by atoms with Gasteiger partial charge in [0.15, 0.2) is 0 Å². The lowest BCUT2D eigenvalue weighted by molar-refractivity contribution is -0.646. The Morgan fingerprint density at radius 3 is 2.12 bits per heavy atom. The molecule has 0 aliphatic carbocycles. The Bertz CT molecular complexity index is 417. The van der Waals surface area contributed by atoms with Crippen molar-refractivity contribution in [3.05, 3.63) is 56.1 Å². The van der Waals surface area contributed by atoms with Crippen LogP contribution in [0.4, 0.5) is 0 Å². The Balaban J connectivity index is 2.96. The Morgan fingerprint density at radius 1 is 1.18 bits per heavy atom. The van der Waals surface area contributed by atoms with Crippen molar-refractivity contribution in [2.45, 2.75) is 31.8 Å². The lowest BCUT2D eigenvalue weighted by atomic mass is 9.90. The number of rotatable bonds is 5. The van der Waals surface area contributed by atoms with Crippen molar-refractivity contribution in [2.75, 3.05) is 0 Å². The van der Waals surface area contributed by atoms with Gasteiger partial charge in [-0.15, -0.1) is 0 Å². The van der Waals surface area contributed by atoms with Crippen molar-refractivity contribution in [3.8, 4) is 0 Å². The van der Waals surface area contributed by atoms with Gasteiger partial charge < -0.3 is 0 Å². The summed E-state index contributed by atoms with van der Waals surface area (Å²) >= 11 is 0. The Labute approximate surface area is 98.6 Å². The molecule has 92 valence electrons. The molecule has 0 saturated carbocycles. The molecule has 0 bridgehead atoms.